The SMILES string of the molecule is CC(CC1CC1)Nc1ccnc(N(C)C)n1. The summed E-state index contributed by atoms with van der Waals surface area (Å²) in [5.74, 6) is 2.62. The molecule has 1 saturated carbocycles. The molecule has 4 nitrogen and oxygen atoms in total. The molecule has 1 aliphatic carbocycles. The van der Waals surface area contributed by atoms with Gasteiger partial charge in [-0.25, -0.2) is 4.98 Å². The van der Waals surface area contributed by atoms with Crippen LogP contribution in [0.3, 0.4) is 0 Å². The van der Waals surface area contributed by atoms with Crippen LogP contribution in [0.5, 0.6) is 0 Å². The van der Waals surface area contributed by atoms with Crippen LogP contribution in [0, 0.1) is 5.92 Å². The van der Waals surface area contributed by atoms with E-state index in [-0.39, 0.29) is 0 Å². The Kier molecular flexibility index (Phi) is 3.27. The van der Waals surface area contributed by atoms with Gasteiger partial charge in [-0.2, -0.15) is 4.98 Å². The molecule has 2 rings (SSSR count). The molecule has 0 saturated heterocycles. The highest BCUT2D eigenvalue weighted by molar-refractivity contribution is 5.40. The Morgan fingerprint density at radius 1 is 1.50 bits per heavy atom. The summed E-state index contributed by atoms with van der Waals surface area (Å²) >= 11 is 0. The third-order valence-electron chi connectivity index (χ3n) is 2.82. The van der Waals surface area contributed by atoms with E-state index in [1.54, 1.807) is 6.20 Å². The van der Waals surface area contributed by atoms with Gasteiger partial charge in [-0.05, 0) is 25.3 Å². The molecule has 0 aliphatic heterocycles. The standard InChI is InChI=1S/C12H20N4/c1-9(8-10-4-5-10)14-11-6-7-13-12(15-11)16(2)3/h6-7,9-10H,4-5,8H2,1-3H3,(H,13,14,15). The number of nitrogens with zero attached hydrogens (tertiary/aromatic N) is 3. The van der Waals surface area contributed by atoms with Crippen LogP contribution in [0.2, 0.25) is 0 Å². The molecular formula is C12H20N4. The fraction of sp³-hybridized carbons (Fsp3) is 0.667. The maximum Gasteiger partial charge on any atom is 0.226 e. The quantitative estimate of drug-likeness (QED) is 0.825. The molecule has 0 radical (unpaired) electrons. The first-order valence-corrected chi connectivity index (χ1v) is 5.92. The smallest absolute Gasteiger partial charge is 0.226 e. The fourth-order valence-corrected chi connectivity index (χ4v) is 1.81. The summed E-state index contributed by atoms with van der Waals surface area (Å²) in [5, 5.41) is 3.43. The van der Waals surface area contributed by atoms with E-state index in [2.05, 4.69) is 22.2 Å². The second-order valence-corrected chi connectivity index (χ2v) is 4.86. The van der Waals surface area contributed by atoms with E-state index in [0.717, 1.165) is 17.7 Å². The van der Waals surface area contributed by atoms with Gasteiger partial charge in [0.25, 0.3) is 0 Å². The van der Waals surface area contributed by atoms with E-state index in [4.69, 9.17) is 0 Å². The highest BCUT2D eigenvalue weighted by Gasteiger charge is 2.23. The van der Waals surface area contributed by atoms with Crippen LogP contribution in [-0.2, 0) is 0 Å². The van der Waals surface area contributed by atoms with Crippen LogP contribution in [0.1, 0.15) is 26.2 Å². The van der Waals surface area contributed by atoms with Crippen molar-refractivity contribution in [3.63, 3.8) is 0 Å². The normalized spacial score (nSPS) is 16.9. The van der Waals surface area contributed by atoms with E-state index >= 15 is 0 Å². The van der Waals surface area contributed by atoms with Crippen molar-refractivity contribution in [1.29, 1.82) is 0 Å². The molecule has 1 fully saturated rings. The molecular weight excluding hydrogens is 200 g/mol. The molecule has 88 valence electrons. The lowest BCUT2D eigenvalue weighted by molar-refractivity contribution is 0.640. The van der Waals surface area contributed by atoms with Crippen LogP contribution in [0.25, 0.3) is 0 Å². The third kappa shape index (κ3) is 3.08. The first-order valence-electron chi connectivity index (χ1n) is 5.92. The van der Waals surface area contributed by atoms with Gasteiger partial charge in [-0.15, -0.1) is 0 Å². The maximum absolute atomic E-state index is 4.44. The number of aromatic nitrogens is 2. The van der Waals surface area contributed by atoms with Crippen molar-refractivity contribution in [2.24, 2.45) is 5.92 Å². The monoisotopic (exact) mass is 220 g/mol. The zero-order valence-electron chi connectivity index (χ0n) is 10.3. The lowest BCUT2D eigenvalue weighted by Gasteiger charge is -2.16. The number of hydrogen-bond acceptors (Lipinski definition) is 4. The molecule has 1 aliphatic rings. The third-order valence-corrected chi connectivity index (χ3v) is 2.82. The van der Waals surface area contributed by atoms with Crippen molar-refractivity contribution in [3.05, 3.63) is 12.3 Å². The summed E-state index contributed by atoms with van der Waals surface area (Å²) in [6.45, 7) is 2.22. The summed E-state index contributed by atoms with van der Waals surface area (Å²) in [6.07, 6.45) is 5.85. The second kappa shape index (κ2) is 4.68. The van der Waals surface area contributed by atoms with E-state index in [0.29, 0.717) is 6.04 Å². The summed E-state index contributed by atoms with van der Waals surface area (Å²) in [4.78, 5) is 10.6. The Morgan fingerprint density at radius 3 is 2.88 bits per heavy atom. The minimum absolute atomic E-state index is 0.498. The molecule has 16 heavy (non-hydrogen) atoms. The molecule has 1 aromatic heterocycles. The number of rotatable bonds is 5. The number of hydrogen-bond donors (Lipinski definition) is 1. The van der Waals surface area contributed by atoms with Crippen molar-refractivity contribution in [1.82, 2.24) is 9.97 Å². The van der Waals surface area contributed by atoms with E-state index in [1.165, 1.54) is 19.3 Å². The zero-order valence-corrected chi connectivity index (χ0v) is 10.3. The summed E-state index contributed by atoms with van der Waals surface area (Å²) in [5.41, 5.74) is 0. The largest absolute Gasteiger partial charge is 0.367 e. The Morgan fingerprint density at radius 2 is 2.25 bits per heavy atom. The molecule has 0 bridgehead atoms. The Labute approximate surface area is 97.1 Å². The predicted molar refractivity (Wildman–Crippen MR) is 66.8 cm³/mol. The Balaban J connectivity index is 1.94. The highest BCUT2D eigenvalue weighted by Crippen LogP contribution is 2.33. The van der Waals surface area contributed by atoms with Gasteiger partial charge in [0, 0.05) is 26.3 Å². The number of nitrogens with one attached hydrogen (secondary N) is 1. The highest BCUT2D eigenvalue weighted by atomic mass is 15.2. The lowest BCUT2D eigenvalue weighted by atomic mass is 10.1. The summed E-state index contributed by atoms with van der Waals surface area (Å²) in [7, 11) is 3.90. The van der Waals surface area contributed by atoms with Crippen LogP contribution < -0.4 is 10.2 Å². The molecule has 1 heterocycles. The van der Waals surface area contributed by atoms with Gasteiger partial charge in [-0.1, -0.05) is 12.8 Å². The van der Waals surface area contributed by atoms with Gasteiger partial charge in [-0.3, -0.25) is 0 Å². The summed E-state index contributed by atoms with van der Waals surface area (Å²) < 4.78 is 0. The molecule has 1 atom stereocenters. The van der Waals surface area contributed by atoms with Gasteiger partial charge >= 0.3 is 0 Å². The van der Waals surface area contributed by atoms with Crippen molar-refractivity contribution < 1.29 is 0 Å². The zero-order chi connectivity index (χ0) is 11.5. The van der Waals surface area contributed by atoms with Gasteiger partial charge < -0.3 is 10.2 Å². The predicted octanol–water partition coefficient (Wildman–Crippen LogP) is 2.14. The Hall–Kier alpha value is -1.32. The fourth-order valence-electron chi connectivity index (χ4n) is 1.81. The average molecular weight is 220 g/mol. The van der Waals surface area contributed by atoms with Crippen molar-refractivity contribution in [2.75, 3.05) is 24.3 Å². The van der Waals surface area contributed by atoms with Crippen LogP contribution in [-0.4, -0.2) is 30.1 Å². The van der Waals surface area contributed by atoms with Crippen LogP contribution in [0.4, 0.5) is 11.8 Å². The summed E-state index contributed by atoms with van der Waals surface area (Å²) in [6, 6.07) is 2.42. The van der Waals surface area contributed by atoms with Gasteiger partial charge in [0.2, 0.25) is 5.95 Å². The van der Waals surface area contributed by atoms with Crippen molar-refractivity contribution in [2.45, 2.75) is 32.2 Å². The van der Waals surface area contributed by atoms with E-state index in [1.807, 2.05) is 25.1 Å². The van der Waals surface area contributed by atoms with Crippen molar-refractivity contribution in [3.8, 4) is 0 Å². The van der Waals surface area contributed by atoms with Crippen molar-refractivity contribution >= 4 is 11.8 Å². The van der Waals surface area contributed by atoms with Gasteiger partial charge in [0.05, 0.1) is 0 Å². The second-order valence-electron chi connectivity index (χ2n) is 4.86. The van der Waals surface area contributed by atoms with Crippen LogP contribution in [0.15, 0.2) is 12.3 Å². The van der Waals surface area contributed by atoms with E-state index in [9.17, 15) is 0 Å². The first kappa shape index (κ1) is 11.2. The lowest BCUT2D eigenvalue weighted by Crippen LogP contribution is -2.18. The molecule has 1 N–H and O–H groups in total. The van der Waals surface area contributed by atoms with Crippen LogP contribution >= 0.6 is 0 Å². The van der Waals surface area contributed by atoms with E-state index < -0.39 is 0 Å². The van der Waals surface area contributed by atoms with Gasteiger partial charge in [0.15, 0.2) is 0 Å². The molecule has 0 aromatic carbocycles. The molecule has 1 unspecified atom stereocenters. The average Bonchev–Trinajstić information content (AvgIpc) is 3.01. The maximum atomic E-state index is 4.44. The minimum Gasteiger partial charge on any atom is -0.367 e. The first-order chi connectivity index (χ1) is 7.65. The molecule has 1 aromatic rings. The van der Waals surface area contributed by atoms with Gasteiger partial charge in [0.1, 0.15) is 5.82 Å². The molecule has 0 spiro atoms. The minimum atomic E-state index is 0.498. The topological polar surface area (TPSA) is 41.1 Å². The molecule has 0 amide bonds. The molecule has 4 heteroatoms. The number of anilines is 2. The Bertz CT molecular complexity index is 347.